The topological polar surface area (TPSA) is 89.4 Å². The van der Waals surface area contributed by atoms with Crippen molar-refractivity contribution in [1.29, 1.82) is 0 Å². The van der Waals surface area contributed by atoms with Crippen molar-refractivity contribution in [1.82, 2.24) is 15.2 Å². The summed E-state index contributed by atoms with van der Waals surface area (Å²) in [7, 11) is 1.69. The van der Waals surface area contributed by atoms with E-state index >= 15 is 0 Å². The van der Waals surface area contributed by atoms with E-state index in [2.05, 4.69) is 10.6 Å². The number of para-hydroxylation sites is 1. The van der Waals surface area contributed by atoms with Crippen LogP contribution >= 0.6 is 0 Å². The van der Waals surface area contributed by atoms with Gasteiger partial charge in [-0.15, -0.1) is 0 Å². The largest absolute Gasteiger partial charge is 0.484 e. The van der Waals surface area contributed by atoms with Gasteiger partial charge >= 0.3 is 0 Å². The molecular formula is C24H25N3O4. The van der Waals surface area contributed by atoms with Crippen molar-refractivity contribution in [3.8, 4) is 5.75 Å². The molecule has 0 radical (unpaired) electrons. The molecule has 1 fully saturated rings. The lowest BCUT2D eigenvalue weighted by molar-refractivity contribution is -0.123. The van der Waals surface area contributed by atoms with Crippen LogP contribution in [0.3, 0.4) is 0 Å². The number of aromatic nitrogens is 1. The van der Waals surface area contributed by atoms with Gasteiger partial charge in [-0.1, -0.05) is 30.3 Å². The quantitative estimate of drug-likeness (QED) is 0.586. The molecule has 160 valence electrons. The zero-order valence-electron chi connectivity index (χ0n) is 17.4. The normalized spacial score (nSPS) is 13.1. The van der Waals surface area contributed by atoms with Gasteiger partial charge in [-0.05, 0) is 43.0 Å². The molecule has 7 nitrogen and oxygen atoms in total. The summed E-state index contributed by atoms with van der Waals surface area (Å²) in [6.45, 7) is 0.447. The number of carbonyl (C=O) groups excluding carboxylic acids is 2. The molecule has 1 heterocycles. The Morgan fingerprint density at radius 3 is 2.58 bits per heavy atom. The molecule has 0 saturated heterocycles. The summed E-state index contributed by atoms with van der Waals surface area (Å²) < 4.78 is 7.03. The molecule has 1 aromatic heterocycles. The minimum absolute atomic E-state index is 0.0103. The zero-order chi connectivity index (χ0) is 21.8. The van der Waals surface area contributed by atoms with E-state index in [1.54, 1.807) is 7.05 Å². The highest BCUT2D eigenvalue weighted by Crippen LogP contribution is 2.19. The first-order valence-corrected chi connectivity index (χ1v) is 10.4. The number of carbonyl (C=O) groups is 2. The molecule has 4 rings (SSSR count). The Balaban J connectivity index is 1.31. The third-order valence-electron chi connectivity index (χ3n) is 5.33. The Bertz CT molecular complexity index is 1160. The Hall–Kier alpha value is -3.61. The Labute approximate surface area is 180 Å². The van der Waals surface area contributed by atoms with E-state index in [9.17, 15) is 14.4 Å². The lowest BCUT2D eigenvalue weighted by Gasteiger charge is -2.11. The van der Waals surface area contributed by atoms with E-state index in [-0.39, 0.29) is 24.0 Å². The molecule has 31 heavy (non-hydrogen) atoms. The molecule has 2 amide bonds. The zero-order valence-corrected chi connectivity index (χ0v) is 17.4. The lowest BCUT2D eigenvalue weighted by Crippen LogP contribution is -2.30. The molecule has 1 aliphatic carbocycles. The standard InChI is InChI=1S/C24H25N3O4/c1-27-21-5-3-2-4-19(21)20(14-23(27)29)24(30)25-13-12-16-6-10-18(11-7-16)31-15-22(28)26-17-8-9-17/h2-7,10-11,14,17H,8-9,12-13,15H2,1H3,(H,25,30)(H,26,28). The molecule has 0 spiro atoms. The van der Waals surface area contributed by atoms with Gasteiger partial charge < -0.3 is 19.9 Å². The average molecular weight is 419 g/mol. The molecule has 0 unspecified atom stereocenters. The number of nitrogens with one attached hydrogen (secondary N) is 2. The van der Waals surface area contributed by atoms with Crippen LogP contribution in [0.1, 0.15) is 28.8 Å². The van der Waals surface area contributed by atoms with Gasteiger partial charge in [0.1, 0.15) is 5.75 Å². The first kappa shape index (κ1) is 20.7. The van der Waals surface area contributed by atoms with Crippen LogP contribution < -0.4 is 20.9 Å². The van der Waals surface area contributed by atoms with Crippen LogP contribution in [0.2, 0.25) is 0 Å². The molecular weight excluding hydrogens is 394 g/mol. The monoisotopic (exact) mass is 419 g/mol. The fourth-order valence-electron chi connectivity index (χ4n) is 3.41. The maximum atomic E-state index is 12.7. The highest BCUT2D eigenvalue weighted by Gasteiger charge is 2.23. The molecule has 3 aromatic rings. The van der Waals surface area contributed by atoms with Gasteiger partial charge in [0.2, 0.25) is 0 Å². The van der Waals surface area contributed by atoms with Gasteiger partial charge in [0.05, 0.1) is 11.1 Å². The number of rotatable bonds is 8. The third-order valence-corrected chi connectivity index (χ3v) is 5.33. The van der Waals surface area contributed by atoms with E-state index in [4.69, 9.17) is 4.74 Å². The summed E-state index contributed by atoms with van der Waals surface area (Å²) in [5.74, 6) is 0.262. The molecule has 1 aliphatic rings. The predicted molar refractivity (Wildman–Crippen MR) is 118 cm³/mol. The first-order chi connectivity index (χ1) is 15.0. The molecule has 0 bridgehead atoms. The number of ether oxygens (including phenoxy) is 1. The first-order valence-electron chi connectivity index (χ1n) is 10.4. The van der Waals surface area contributed by atoms with Crippen LogP contribution in [0.15, 0.2) is 59.4 Å². The van der Waals surface area contributed by atoms with E-state index in [1.165, 1.54) is 10.6 Å². The van der Waals surface area contributed by atoms with Crippen molar-refractivity contribution in [2.75, 3.05) is 13.2 Å². The number of pyridine rings is 1. The van der Waals surface area contributed by atoms with E-state index in [1.807, 2.05) is 48.5 Å². The molecule has 0 atom stereocenters. The van der Waals surface area contributed by atoms with Gasteiger partial charge in [-0.2, -0.15) is 0 Å². The van der Waals surface area contributed by atoms with Gasteiger partial charge in [-0.25, -0.2) is 0 Å². The molecule has 2 N–H and O–H groups in total. The van der Waals surface area contributed by atoms with Crippen molar-refractivity contribution in [3.05, 3.63) is 76.1 Å². The van der Waals surface area contributed by atoms with Crippen LogP contribution in [-0.4, -0.2) is 35.6 Å². The smallest absolute Gasteiger partial charge is 0.258 e. The van der Waals surface area contributed by atoms with Crippen molar-refractivity contribution >= 4 is 22.7 Å². The van der Waals surface area contributed by atoms with Crippen LogP contribution in [0.25, 0.3) is 10.9 Å². The Kier molecular flexibility index (Phi) is 6.02. The van der Waals surface area contributed by atoms with Crippen molar-refractivity contribution in [3.63, 3.8) is 0 Å². The fraction of sp³-hybridized carbons (Fsp3) is 0.292. The SMILES string of the molecule is Cn1c(=O)cc(C(=O)NCCc2ccc(OCC(=O)NC3CC3)cc2)c2ccccc21. The Morgan fingerprint density at radius 2 is 1.84 bits per heavy atom. The molecule has 0 aliphatic heterocycles. The van der Waals surface area contributed by atoms with E-state index in [0.29, 0.717) is 30.3 Å². The van der Waals surface area contributed by atoms with Crippen LogP contribution in [-0.2, 0) is 18.3 Å². The van der Waals surface area contributed by atoms with Crippen LogP contribution in [0.4, 0.5) is 0 Å². The number of fused-ring (bicyclic) bond motifs is 1. The number of hydrogen-bond donors (Lipinski definition) is 2. The number of aryl methyl sites for hydroxylation is 1. The molecule has 7 heteroatoms. The number of benzene rings is 2. The average Bonchev–Trinajstić information content (AvgIpc) is 3.59. The summed E-state index contributed by atoms with van der Waals surface area (Å²) in [5.41, 5.74) is 1.92. The highest BCUT2D eigenvalue weighted by atomic mass is 16.5. The number of nitrogens with zero attached hydrogens (tertiary/aromatic N) is 1. The summed E-state index contributed by atoms with van der Waals surface area (Å²) in [4.78, 5) is 36.5. The predicted octanol–water partition coefficient (Wildman–Crippen LogP) is 2.17. The van der Waals surface area contributed by atoms with Crippen molar-refractivity contribution in [2.24, 2.45) is 7.05 Å². The summed E-state index contributed by atoms with van der Waals surface area (Å²) in [6.07, 6.45) is 2.74. The van der Waals surface area contributed by atoms with E-state index < -0.39 is 0 Å². The minimum Gasteiger partial charge on any atom is -0.484 e. The second-order valence-electron chi connectivity index (χ2n) is 7.75. The second-order valence-corrected chi connectivity index (χ2v) is 7.75. The van der Waals surface area contributed by atoms with Crippen LogP contribution in [0.5, 0.6) is 5.75 Å². The maximum Gasteiger partial charge on any atom is 0.258 e. The fourth-order valence-corrected chi connectivity index (χ4v) is 3.41. The van der Waals surface area contributed by atoms with Gasteiger partial charge in [0.15, 0.2) is 6.61 Å². The van der Waals surface area contributed by atoms with E-state index in [0.717, 1.165) is 29.3 Å². The summed E-state index contributed by atoms with van der Waals surface area (Å²) in [5, 5.41) is 6.52. The van der Waals surface area contributed by atoms with Gasteiger partial charge in [-0.3, -0.25) is 14.4 Å². The van der Waals surface area contributed by atoms with Gasteiger partial charge in [0.25, 0.3) is 17.4 Å². The molecule has 2 aromatic carbocycles. The third kappa shape index (κ3) is 5.12. The lowest BCUT2D eigenvalue weighted by atomic mass is 10.1. The highest BCUT2D eigenvalue weighted by molar-refractivity contribution is 6.06. The Morgan fingerprint density at radius 1 is 1.10 bits per heavy atom. The van der Waals surface area contributed by atoms with Crippen molar-refractivity contribution < 1.29 is 14.3 Å². The van der Waals surface area contributed by atoms with Crippen molar-refractivity contribution in [2.45, 2.75) is 25.3 Å². The second kappa shape index (κ2) is 9.04. The maximum absolute atomic E-state index is 12.7. The van der Waals surface area contributed by atoms with Crippen LogP contribution in [0, 0.1) is 0 Å². The van der Waals surface area contributed by atoms with Gasteiger partial charge in [0, 0.05) is 31.1 Å². The number of hydrogen-bond acceptors (Lipinski definition) is 4. The molecule has 1 saturated carbocycles. The minimum atomic E-state index is -0.268. The number of amides is 2. The summed E-state index contributed by atoms with van der Waals surface area (Å²) >= 11 is 0. The summed E-state index contributed by atoms with van der Waals surface area (Å²) in [6, 6.07) is 16.5.